The van der Waals surface area contributed by atoms with Crippen LogP contribution in [0.1, 0.15) is 11.3 Å². The standard InChI is InChI=1S/C15H14N2O2/c1-9-5-3-4-6-11(9)13-14(19-17-15(13)16)12-8-7-10(2)18-12/h3-8H,1-2H3,(H2,16,17). The van der Waals surface area contributed by atoms with E-state index in [2.05, 4.69) is 5.16 Å². The Bertz CT molecular complexity index is 725. The summed E-state index contributed by atoms with van der Waals surface area (Å²) >= 11 is 0. The third-order valence-corrected chi connectivity index (χ3v) is 3.10. The molecule has 3 rings (SSSR count). The number of hydrogen-bond acceptors (Lipinski definition) is 4. The summed E-state index contributed by atoms with van der Waals surface area (Å²) in [6.07, 6.45) is 0. The van der Waals surface area contributed by atoms with Gasteiger partial charge in [-0.2, -0.15) is 0 Å². The number of nitrogen functional groups attached to an aromatic ring is 1. The molecule has 0 radical (unpaired) electrons. The smallest absolute Gasteiger partial charge is 0.212 e. The summed E-state index contributed by atoms with van der Waals surface area (Å²) in [4.78, 5) is 0. The number of nitrogens with zero attached hydrogens (tertiary/aromatic N) is 1. The molecule has 0 saturated heterocycles. The van der Waals surface area contributed by atoms with Gasteiger partial charge < -0.3 is 14.7 Å². The number of anilines is 1. The van der Waals surface area contributed by atoms with E-state index in [9.17, 15) is 0 Å². The van der Waals surface area contributed by atoms with Crippen molar-refractivity contribution in [1.82, 2.24) is 5.16 Å². The molecule has 3 aromatic rings. The zero-order chi connectivity index (χ0) is 13.4. The van der Waals surface area contributed by atoms with Gasteiger partial charge in [-0.15, -0.1) is 0 Å². The van der Waals surface area contributed by atoms with Crippen LogP contribution in [0.5, 0.6) is 0 Å². The van der Waals surface area contributed by atoms with Gasteiger partial charge in [-0.1, -0.05) is 29.4 Å². The molecule has 0 bridgehead atoms. The number of furan rings is 1. The van der Waals surface area contributed by atoms with Crippen LogP contribution in [0.15, 0.2) is 45.3 Å². The molecule has 19 heavy (non-hydrogen) atoms. The van der Waals surface area contributed by atoms with E-state index in [0.717, 1.165) is 22.5 Å². The zero-order valence-corrected chi connectivity index (χ0v) is 10.8. The topological polar surface area (TPSA) is 65.2 Å². The van der Waals surface area contributed by atoms with Crippen LogP contribution in [-0.2, 0) is 0 Å². The van der Waals surface area contributed by atoms with Crippen molar-refractivity contribution in [2.75, 3.05) is 5.73 Å². The van der Waals surface area contributed by atoms with E-state index in [1.165, 1.54) is 0 Å². The molecular formula is C15H14N2O2. The van der Waals surface area contributed by atoms with Crippen molar-refractivity contribution >= 4 is 5.82 Å². The highest BCUT2D eigenvalue weighted by Crippen LogP contribution is 2.38. The van der Waals surface area contributed by atoms with Crippen molar-refractivity contribution in [2.24, 2.45) is 0 Å². The van der Waals surface area contributed by atoms with Crippen LogP contribution in [-0.4, -0.2) is 5.16 Å². The first-order chi connectivity index (χ1) is 9.16. The quantitative estimate of drug-likeness (QED) is 0.755. The second-order valence-electron chi connectivity index (χ2n) is 4.50. The molecule has 4 nitrogen and oxygen atoms in total. The van der Waals surface area contributed by atoms with Crippen LogP contribution in [0.3, 0.4) is 0 Å². The third kappa shape index (κ3) is 1.91. The number of aromatic nitrogens is 1. The van der Waals surface area contributed by atoms with Gasteiger partial charge >= 0.3 is 0 Å². The van der Waals surface area contributed by atoms with Crippen molar-refractivity contribution in [3.63, 3.8) is 0 Å². The Morgan fingerprint density at radius 2 is 1.84 bits per heavy atom. The minimum absolute atomic E-state index is 0.373. The van der Waals surface area contributed by atoms with Gasteiger partial charge in [-0.05, 0) is 37.1 Å². The maximum Gasteiger partial charge on any atom is 0.212 e. The predicted octanol–water partition coefficient (Wildman–Crippen LogP) is 3.80. The van der Waals surface area contributed by atoms with Gasteiger partial charge in [-0.25, -0.2) is 0 Å². The van der Waals surface area contributed by atoms with Crippen LogP contribution < -0.4 is 5.73 Å². The Balaban J connectivity index is 2.22. The summed E-state index contributed by atoms with van der Waals surface area (Å²) in [7, 11) is 0. The summed E-state index contributed by atoms with van der Waals surface area (Å²) < 4.78 is 10.9. The number of rotatable bonds is 2. The highest BCUT2D eigenvalue weighted by atomic mass is 16.5. The highest BCUT2D eigenvalue weighted by molar-refractivity contribution is 5.86. The lowest BCUT2D eigenvalue weighted by Crippen LogP contribution is -1.90. The third-order valence-electron chi connectivity index (χ3n) is 3.10. The first-order valence-electron chi connectivity index (χ1n) is 6.05. The molecule has 1 aromatic carbocycles. The Labute approximate surface area is 110 Å². The Morgan fingerprint density at radius 1 is 1.05 bits per heavy atom. The van der Waals surface area contributed by atoms with E-state index >= 15 is 0 Å². The molecule has 4 heteroatoms. The molecule has 0 aliphatic heterocycles. The first kappa shape index (κ1) is 11.6. The average molecular weight is 254 g/mol. The van der Waals surface area contributed by atoms with E-state index in [-0.39, 0.29) is 0 Å². The van der Waals surface area contributed by atoms with Gasteiger partial charge in [0.1, 0.15) is 5.76 Å². The van der Waals surface area contributed by atoms with Crippen molar-refractivity contribution in [3.8, 4) is 22.6 Å². The van der Waals surface area contributed by atoms with E-state index < -0.39 is 0 Å². The summed E-state index contributed by atoms with van der Waals surface area (Å²) in [5.74, 6) is 2.40. The Morgan fingerprint density at radius 3 is 2.53 bits per heavy atom. The molecule has 2 heterocycles. The molecule has 0 unspecified atom stereocenters. The van der Waals surface area contributed by atoms with Crippen molar-refractivity contribution in [1.29, 1.82) is 0 Å². The molecule has 0 aliphatic carbocycles. The van der Waals surface area contributed by atoms with Gasteiger partial charge in [0.05, 0.1) is 5.56 Å². The first-order valence-corrected chi connectivity index (χ1v) is 6.05. The molecule has 0 amide bonds. The second-order valence-corrected chi connectivity index (χ2v) is 4.50. The van der Waals surface area contributed by atoms with E-state index in [1.54, 1.807) is 0 Å². The van der Waals surface area contributed by atoms with E-state index in [0.29, 0.717) is 17.3 Å². The van der Waals surface area contributed by atoms with Crippen molar-refractivity contribution < 1.29 is 8.94 Å². The second kappa shape index (κ2) is 4.31. The van der Waals surface area contributed by atoms with Crippen molar-refractivity contribution in [3.05, 3.63) is 47.7 Å². The van der Waals surface area contributed by atoms with Crippen molar-refractivity contribution in [2.45, 2.75) is 13.8 Å². The molecule has 96 valence electrons. The predicted molar refractivity (Wildman–Crippen MR) is 73.5 cm³/mol. The molecule has 2 aromatic heterocycles. The number of aryl methyl sites for hydroxylation is 2. The molecular weight excluding hydrogens is 240 g/mol. The van der Waals surface area contributed by atoms with Crippen LogP contribution in [0, 0.1) is 13.8 Å². The summed E-state index contributed by atoms with van der Waals surface area (Å²) in [6.45, 7) is 3.91. The van der Waals surface area contributed by atoms with Gasteiger partial charge in [0, 0.05) is 0 Å². The highest BCUT2D eigenvalue weighted by Gasteiger charge is 2.21. The van der Waals surface area contributed by atoms with Gasteiger partial charge in [-0.3, -0.25) is 0 Å². The van der Waals surface area contributed by atoms with E-state index in [1.807, 2.05) is 50.2 Å². The van der Waals surface area contributed by atoms with Crippen LogP contribution in [0.4, 0.5) is 5.82 Å². The lowest BCUT2D eigenvalue weighted by atomic mass is 10.00. The lowest BCUT2D eigenvalue weighted by molar-refractivity contribution is 0.418. The molecule has 0 spiro atoms. The Hall–Kier alpha value is -2.49. The number of benzene rings is 1. The number of nitrogens with two attached hydrogens (primary N) is 1. The van der Waals surface area contributed by atoms with E-state index in [4.69, 9.17) is 14.7 Å². The molecule has 2 N–H and O–H groups in total. The Kier molecular flexibility index (Phi) is 2.63. The van der Waals surface area contributed by atoms with Crippen LogP contribution in [0.2, 0.25) is 0 Å². The molecule has 0 atom stereocenters. The van der Waals surface area contributed by atoms with Crippen LogP contribution >= 0.6 is 0 Å². The van der Waals surface area contributed by atoms with Gasteiger partial charge in [0.25, 0.3) is 0 Å². The maximum absolute atomic E-state index is 5.94. The fourth-order valence-corrected chi connectivity index (χ4v) is 2.14. The molecule has 0 fully saturated rings. The van der Waals surface area contributed by atoms with Gasteiger partial charge in [0.2, 0.25) is 5.76 Å². The SMILES string of the molecule is Cc1ccc(-c2onc(N)c2-c2ccccc2C)o1. The molecule has 0 saturated carbocycles. The van der Waals surface area contributed by atoms with Crippen LogP contribution in [0.25, 0.3) is 22.6 Å². The average Bonchev–Trinajstić information content (AvgIpc) is 2.96. The summed E-state index contributed by atoms with van der Waals surface area (Å²) in [5, 5.41) is 3.86. The minimum Gasteiger partial charge on any atom is -0.458 e. The monoisotopic (exact) mass is 254 g/mol. The number of hydrogen-bond donors (Lipinski definition) is 1. The molecule has 0 aliphatic rings. The normalized spacial score (nSPS) is 10.8. The fraction of sp³-hybridized carbons (Fsp3) is 0.133. The largest absolute Gasteiger partial charge is 0.458 e. The fourth-order valence-electron chi connectivity index (χ4n) is 2.14. The maximum atomic E-state index is 5.94. The minimum atomic E-state index is 0.373. The summed E-state index contributed by atoms with van der Waals surface area (Å²) in [5.41, 5.74) is 8.84. The van der Waals surface area contributed by atoms with Gasteiger partial charge in [0.15, 0.2) is 11.6 Å². The summed E-state index contributed by atoms with van der Waals surface area (Å²) in [6, 6.07) is 11.7. The lowest BCUT2D eigenvalue weighted by Gasteiger charge is -2.04. The zero-order valence-electron chi connectivity index (χ0n) is 10.8.